The number of hydrogen-bond acceptors (Lipinski definition) is 4. The number of carbonyl (C=O) groups excluding carboxylic acids is 1. The van der Waals surface area contributed by atoms with Crippen molar-refractivity contribution in [1.29, 1.82) is 0 Å². The molecule has 2 heterocycles. The molecule has 1 aliphatic heterocycles. The highest BCUT2D eigenvalue weighted by Gasteiger charge is 2.51. The molecular formula is C30H41BFN3O3. The number of hydrogen-bond donors (Lipinski definition) is 1. The van der Waals surface area contributed by atoms with Gasteiger partial charge in [0.2, 0.25) is 5.91 Å². The first-order valence-corrected chi connectivity index (χ1v) is 13.2. The molecule has 204 valence electrons. The van der Waals surface area contributed by atoms with Gasteiger partial charge in [0.25, 0.3) is 0 Å². The number of halogens is 1. The second kappa shape index (κ2) is 9.97. The van der Waals surface area contributed by atoms with E-state index >= 15 is 4.39 Å². The van der Waals surface area contributed by atoms with Gasteiger partial charge in [-0.3, -0.25) is 4.79 Å². The van der Waals surface area contributed by atoms with Crippen LogP contribution >= 0.6 is 0 Å². The van der Waals surface area contributed by atoms with Crippen molar-refractivity contribution >= 4 is 24.3 Å². The minimum Gasteiger partial charge on any atom is -0.399 e. The van der Waals surface area contributed by atoms with Gasteiger partial charge in [-0.15, -0.1) is 0 Å². The number of anilines is 1. The molecule has 0 bridgehead atoms. The molecule has 0 saturated carbocycles. The van der Waals surface area contributed by atoms with E-state index in [4.69, 9.17) is 14.4 Å². The van der Waals surface area contributed by atoms with Gasteiger partial charge in [0, 0.05) is 12.9 Å². The summed E-state index contributed by atoms with van der Waals surface area (Å²) in [6.45, 7) is 18.3. The Morgan fingerprint density at radius 3 is 2.18 bits per heavy atom. The Morgan fingerprint density at radius 2 is 1.66 bits per heavy atom. The van der Waals surface area contributed by atoms with Crippen molar-refractivity contribution in [2.75, 3.05) is 5.32 Å². The molecule has 1 amide bonds. The first-order chi connectivity index (χ1) is 17.6. The Kier molecular flexibility index (Phi) is 7.36. The smallest absolute Gasteiger partial charge is 0.399 e. The summed E-state index contributed by atoms with van der Waals surface area (Å²) >= 11 is 0. The van der Waals surface area contributed by atoms with Crippen LogP contribution < -0.4 is 10.8 Å². The van der Waals surface area contributed by atoms with Gasteiger partial charge in [-0.05, 0) is 68.4 Å². The van der Waals surface area contributed by atoms with Gasteiger partial charge in [0.15, 0.2) is 0 Å². The molecule has 2 aromatic carbocycles. The highest BCUT2D eigenvalue weighted by Crippen LogP contribution is 2.36. The summed E-state index contributed by atoms with van der Waals surface area (Å²) in [4.78, 5) is 13.1. The molecule has 1 aliphatic rings. The lowest BCUT2D eigenvalue weighted by atomic mass is 9.78. The molecule has 1 fully saturated rings. The van der Waals surface area contributed by atoms with Gasteiger partial charge >= 0.3 is 7.12 Å². The number of nitrogens with one attached hydrogen (secondary N) is 1. The Labute approximate surface area is 227 Å². The van der Waals surface area contributed by atoms with E-state index in [2.05, 4.69) is 52.1 Å². The standard InChI is InChI=1S/C30H39BFN3O3.H2/c1-19(2)20-11-14-23(15-12-20)35-26(18-25(34-35)28(3,4)5)33-27(36)16-21-10-13-22(17-24(21)32)31-37-29(6,7)30(8,9)38-31;/h10-15,17-19H,16H2,1-9H3,(H,33,36);1H. The monoisotopic (exact) mass is 521 g/mol. The van der Waals surface area contributed by atoms with E-state index < -0.39 is 24.1 Å². The Hall–Kier alpha value is -2.97. The fourth-order valence-corrected chi connectivity index (χ4v) is 4.23. The molecule has 0 aliphatic carbocycles. The highest BCUT2D eigenvalue weighted by molar-refractivity contribution is 6.62. The lowest BCUT2D eigenvalue weighted by Gasteiger charge is -2.32. The molecule has 6 nitrogen and oxygen atoms in total. The molecule has 8 heteroatoms. The van der Waals surface area contributed by atoms with E-state index in [-0.39, 0.29) is 19.2 Å². The predicted molar refractivity (Wildman–Crippen MR) is 153 cm³/mol. The predicted octanol–water partition coefficient (Wildman–Crippen LogP) is 6.16. The minimum atomic E-state index is -0.662. The Morgan fingerprint density at radius 1 is 1.05 bits per heavy atom. The average molecular weight is 521 g/mol. The molecule has 0 radical (unpaired) electrons. The van der Waals surface area contributed by atoms with Crippen LogP contribution in [0.5, 0.6) is 0 Å². The molecular weight excluding hydrogens is 480 g/mol. The molecule has 1 saturated heterocycles. The molecule has 4 rings (SSSR count). The van der Waals surface area contributed by atoms with Crippen LogP contribution in [-0.2, 0) is 25.9 Å². The SMILES string of the molecule is CC(C)c1ccc(-n2nc(C(C)(C)C)cc2NC(=O)Cc2ccc(B3OC(C)(C)C(C)(C)O3)cc2F)cc1.[HH]. The third-order valence-corrected chi connectivity index (χ3v) is 7.50. The van der Waals surface area contributed by atoms with Gasteiger partial charge in [0.1, 0.15) is 11.6 Å². The van der Waals surface area contributed by atoms with Gasteiger partial charge in [-0.1, -0.05) is 58.9 Å². The van der Waals surface area contributed by atoms with Crippen LogP contribution in [0.4, 0.5) is 10.2 Å². The number of carbonyl (C=O) groups is 1. The first kappa shape index (κ1) is 28.1. The summed E-state index contributed by atoms with van der Waals surface area (Å²) in [6.07, 6.45) is -0.113. The zero-order chi connectivity index (χ0) is 28.0. The topological polar surface area (TPSA) is 65.4 Å². The number of rotatable bonds is 6. The second-order valence-electron chi connectivity index (χ2n) is 12.5. The number of nitrogens with zero attached hydrogens (tertiary/aromatic N) is 2. The summed E-state index contributed by atoms with van der Waals surface area (Å²) in [7, 11) is -0.662. The zero-order valence-electron chi connectivity index (χ0n) is 24.0. The number of benzene rings is 2. The lowest BCUT2D eigenvalue weighted by Crippen LogP contribution is -2.41. The van der Waals surface area contributed by atoms with E-state index in [1.807, 2.05) is 45.9 Å². The largest absolute Gasteiger partial charge is 0.494 e. The maximum absolute atomic E-state index is 15.1. The van der Waals surface area contributed by atoms with Crippen molar-refractivity contribution in [1.82, 2.24) is 9.78 Å². The summed E-state index contributed by atoms with van der Waals surface area (Å²) in [5, 5.41) is 7.73. The van der Waals surface area contributed by atoms with Gasteiger partial charge in [0.05, 0.1) is 29.0 Å². The molecule has 0 spiro atoms. The molecule has 38 heavy (non-hydrogen) atoms. The van der Waals surface area contributed by atoms with Crippen molar-refractivity contribution in [3.63, 3.8) is 0 Å². The Balaban J connectivity index is 0.00000420. The second-order valence-corrected chi connectivity index (χ2v) is 12.5. The number of aromatic nitrogens is 2. The minimum absolute atomic E-state index is 0. The van der Waals surface area contributed by atoms with Gasteiger partial charge < -0.3 is 14.6 Å². The van der Waals surface area contributed by atoms with Crippen LogP contribution in [0.2, 0.25) is 0 Å². The molecule has 0 unspecified atom stereocenters. The van der Waals surface area contributed by atoms with E-state index in [0.29, 0.717) is 22.8 Å². The van der Waals surface area contributed by atoms with Crippen LogP contribution in [0.3, 0.4) is 0 Å². The summed E-state index contributed by atoms with van der Waals surface area (Å²) in [5.41, 5.74) is 2.55. The first-order valence-electron chi connectivity index (χ1n) is 13.2. The van der Waals surface area contributed by atoms with E-state index in [0.717, 1.165) is 11.4 Å². The molecule has 1 N–H and O–H groups in total. The average Bonchev–Trinajstić information content (AvgIpc) is 3.32. The maximum atomic E-state index is 15.1. The van der Waals surface area contributed by atoms with Crippen molar-refractivity contribution in [3.05, 3.63) is 71.2 Å². The normalized spacial score (nSPS) is 16.8. The summed E-state index contributed by atoms with van der Waals surface area (Å²) in [5.74, 6) is 0.164. The molecule has 3 aromatic rings. The van der Waals surface area contributed by atoms with Crippen molar-refractivity contribution in [2.24, 2.45) is 0 Å². The van der Waals surface area contributed by atoms with E-state index in [1.54, 1.807) is 16.8 Å². The van der Waals surface area contributed by atoms with Crippen molar-refractivity contribution in [3.8, 4) is 5.69 Å². The lowest BCUT2D eigenvalue weighted by molar-refractivity contribution is -0.115. The third-order valence-electron chi connectivity index (χ3n) is 7.50. The highest BCUT2D eigenvalue weighted by atomic mass is 19.1. The van der Waals surface area contributed by atoms with Crippen LogP contribution in [0.15, 0.2) is 48.5 Å². The summed E-state index contributed by atoms with van der Waals surface area (Å²) in [6, 6.07) is 14.8. The van der Waals surface area contributed by atoms with Crippen molar-refractivity contribution < 1.29 is 19.9 Å². The van der Waals surface area contributed by atoms with Crippen LogP contribution in [0.1, 0.15) is 86.5 Å². The molecule has 1 aromatic heterocycles. The fourth-order valence-electron chi connectivity index (χ4n) is 4.23. The van der Waals surface area contributed by atoms with Crippen LogP contribution in [0, 0.1) is 5.82 Å². The Bertz CT molecular complexity index is 1310. The maximum Gasteiger partial charge on any atom is 0.494 e. The number of amides is 1. The van der Waals surface area contributed by atoms with Crippen molar-refractivity contribution in [2.45, 2.75) is 91.3 Å². The van der Waals surface area contributed by atoms with E-state index in [1.165, 1.54) is 11.6 Å². The fraction of sp³-hybridized carbons (Fsp3) is 0.467. The quantitative estimate of drug-likeness (QED) is 0.395. The molecule has 0 atom stereocenters. The van der Waals surface area contributed by atoms with Gasteiger partial charge in [-0.25, -0.2) is 9.07 Å². The summed E-state index contributed by atoms with van der Waals surface area (Å²) < 4.78 is 28.9. The van der Waals surface area contributed by atoms with E-state index in [9.17, 15) is 4.79 Å². The van der Waals surface area contributed by atoms with Gasteiger partial charge in [-0.2, -0.15) is 5.10 Å². The van der Waals surface area contributed by atoms with Crippen LogP contribution in [0.25, 0.3) is 5.69 Å². The zero-order valence-corrected chi connectivity index (χ0v) is 24.0. The third kappa shape index (κ3) is 5.71. The van der Waals surface area contributed by atoms with Crippen LogP contribution in [-0.4, -0.2) is 34.0 Å².